The van der Waals surface area contributed by atoms with E-state index < -0.39 is 11.7 Å². The number of carbonyl (C=O) groups excluding carboxylic acids is 1. The lowest BCUT2D eigenvalue weighted by atomic mass is 10.1. The lowest BCUT2D eigenvalue weighted by molar-refractivity contribution is 0.100. The van der Waals surface area contributed by atoms with Crippen molar-refractivity contribution in [2.45, 2.75) is 31.3 Å². The van der Waals surface area contributed by atoms with Crippen molar-refractivity contribution in [1.29, 1.82) is 0 Å². The van der Waals surface area contributed by atoms with Crippen LogP contribution in [0.15, 0.2) is 18.2 Å². The first-order chi connectivity index (χ1) is 8.08. The number of halogens is 1. The highest BCUT2D eigenvalue weighted by molar-refractivity contribution is 5.98. The van der Waals surface area contributed by atoms with Crippen LogP contribution in [0.4, 0.5) is 10.1 Å². The Balaban J connectivity index is 2.22. The maximum absolute atomic E-state index is 13.0. The first-order valence-electron chi connectivity index (χ1n) is 5.69. The van der Waals surface area contributed by atoms with Gasteiger partial charge in [0.15, 0.2) is 0 Å². The smallest absolute Gasteiger partial charge is 0.250 e. The maximum Gasteiger partial charge on any atom is 0.250 e. The van der Waals surface area contributed by atoms with Crippen molar-refractivity contribution in [3.05, 3.63) is 29.6 Å². The van der Waals surface area contributed by atoms with Crippen molar-refractivity contribution in [2.24, 2.45) is 11.5 Å². The van der Waals surface area contributed by atoms with E-state index in [1.807, 2.05) is 0 Å². The molecular weight excluding hydrogens is 221 g/mol. The second-order valence-electron chi connectivity index (χ2n) is 4.40. The predicted octanol–water partition coefficient (Wildman–Crippen LogP) is 1.22. The third-order valence-electron chi connectivity index (χ3n) is 3.16. The van der Waals surface area contributed by atoms with Gasteiger partial charge in [-0.2, -0.15) is 0 Å². The molecule has 0 heterocycles. The van der Waals surface area contributed by atoms with E-state index in [1.54, 1.807) is 0 Å². The van der Waals surface area contributed by atoms with Crippen molar-refractivity contribution in [1.82, 2.24) is 0 Å². The molecule has 1 aliphatic carbocycles. The van der Waals surface area contributed by atoms with Gasteiger partial charge in [-0.25, -0.2) is 4.39 Å². The summed E-state index contributed by atoms with van der Waals surface area (Å²) in [6, 6.07) is 4.17. The molecule has 1 saturated carbocycles. The maximum atomic E-state index is 13.0. The van der Waals surface area contributed by atoms with Crippen LogP contribution in [0.5, 0.6) is 0 Å². The number of nitrogens with two attached hydrogens (primary N) is 2. The highest BCUT2D eigenvalue weighted by Crippen LogP contribution is 2.24. The quantitative estimate of drug-likeness (QED) is 0.739. The first-order valence-corrected chi connectivity index (χ1v) is 5.69. The molecule has 0 spiro atoms. The standard InChI is InChI=1S/C12H16FN3O/c13-7-4-5-10(8(6-7)12(15)17)16-11-3-1-2-9(11)14/h4-6,9,11,16H,1-3,14H2,(H2,15,17). The van der Waals surface area contributed by atoms with Crippen molar-refractivity contribution in [3.8, 4) is 0 Å². The van der Waals surface area contributed by atoms with E-state index in [4.69, 9.17) is 11.5 Å². The van der Waals surface area contributed by atoms with E-state index >= 15 is 0 Å². The second-order valence-corrected chi connectivity index (χ2v) is 4.40. The Morgan fingerprint density at radius 1 is 1.41 bits per heavy atom. The first kappa shape index (κ1) is 11.9. The van der Waals surface area contributed by atoms with Gasteiger partial charge in [0.25, 0.3) is 5.91 Å². The molecule has 92 valence electrons. The fraction of sp³-hybridized carbons (Fsp3) is 0.417. The third kappa shape index (κ3) is 2.55. The average molecular weight is 237 g/mol. The van der Waals surface area contributed by atoms with Crippen LogP contribution in [0.1, 0.15) is 29.6 Å². The summed E-state index contributed by atoms with van der Waals surface area (Å²) in [4.78, 5) is 11.2. The van der Waals surface area contributed by atoms with Gasteiger partial charge in [-0.1, -0.05) is 0 Å². The highest BCUT2D eigenvalue weighted by atomic mass is 19.1. The number of anilines is 1. The number of amides is 1. The summed E-state index contributed by atoms with van der Waals surface area (Å²) in [6.07, 6.45) is 2.98. The third-order valence-corrected chi connectivity index (χ3v) is 3.16. The minimum absolute atomic E-state index is 0.0702. The topological polar surface area (TPSA) is 81.1 Å². The summed E-state index contributed by atoms with van der Waals surface area (Å²) in [7, 11) is 0. The predicted molar refractivity (Wildman–Crippen MR) is 64.2 cm³/mol. The summed E-state index contributed by atoms with van der Waals surface area (Å²) >= 11 is 0. The lowest BCUT2D eigenvalue weighted by Gasteiger charge is -2.20. The van der Waals surface area contributed by atoms with Crippen LogP contribution in [-0.2, 0) is 0 Å². The van der Waals surface area contributed by atoms with E-state index in [0.29, 0.717) is 5.69 Å². The van der Waals surface area contributed by atoms with Gasteiger partial charge in [0.05, 0.1) is 5.56 Å². The molecule has 0 saturated heterocycles. The second kappa shape index (κ2) is 4.71. The summed E-state index contributed by atoms with van der Waals surface area (Å²) in [5, 5.41) is 3.18. The number of rotatable bonds is 3. The molecule has 5 heteroatoms. The number of hydrogen-bond donors (Lipinski definition) is 3. The molecule has 0 bridgehead atoms. The zero-order valence-electron chi connectivity index (χ0n) is 9.45. The minimum Gasteiger partial charge on any atom is -0.380 e. The number of primary amides is 1. The monoisotopic (exact) mass is 237 g/mol. The molecule has 0 radical (unpaired) electrons. The number of carbonyl (C=O) groups is 1. The summed E-state index contributed by atoms with van der Waals surface area (Å²) in [6.45, 7) is 0. The van der Waals surface area contributed by atoms with Crippen LogP contribution in [0.3, 0.4) is 0 Å². The summed E-state index contributed by atoms with van der Waals surface area (Å²) in [5.74, 6) is -1.11. The Kier molecular flexibility index (Phi) is 3.28. The molecule has 1 amide bonds. The molecule has 0 aliphatic heterocycles. The fourth-order valence-electron chi connectivity index (χ4n) is 2.21. The van der Waals surface area contributed by atoms with Gasteiger partial charge < -0.3 is 16.8 Å². The van der Waals surface area contributed by atoms with Crippen LogP contribution in [0.25, 0.3) is 0 Å². The zero-order chi connectivity index (χ0) is 12.4. The summed E-state index contributed by atoms with van der Waals surface area (Å²) in [5.41, 5.74) is 11.9. The normalized spacial score (nSPS) is 23.6. The Morgan fingerprint density at radius 3 is 2.76 bits per heavy atom. The van der Waals surface area contributed by atoms with Crippen LogP contribution in [0, 0.1) is 5.82 Å². The molecule has 2 atom stereocenters. The van der Waals surface area contributed by atoms with Gasteiger partial charge in [0.1, 0.15) is 5.82 Å². The van der Waals surface area contributed by atoms with Gasteiger partial charge in [0, 0.05) is 17.8 Å². The van der Waals surface area contributed by atoms with E-state index in [0.717, 1.165) is 25.3 Å². The molecule has 17 heavy (non-hydrogen) atoms. The minimum atomic E-state index is -0.640. The van der Waals surface area contributed by atoms with E-state index in [9.17, 15) is 9.18 Å². The van der Waals surface area contributed by atoms with Crippen molar-refractivity contribution < 1.29 is 9.18 Å². The van der Waals surface area contributed by atoms with Crippen molar-refractivity contribution >= 4 is 11.6 Å². The Bertz CT molecular complexity index is 436. The van der Waals surface area contributed by atoms with E-state index in [1.165, 1.54) is 12.1 Å². The van der Waals surface area contributed by atoms with E-state index in [-0.39, 0.29) is 17.6 Å². The number of hydrogen-bond acceptors (Lipinski definition) is 3. The lowest BCUT2D eigenvalue weighted by Crippen LogP contribution is -2.35. The van der Waals surface area contributed by atoms with Crippen LogP contribution < -0.4 is 16.8 Å². The van der Waals surface area contributed by atoms with Crippen LogP contribution >= 0.6 is 0 Å². The Labute approximate surface area is 99.2 Å². The SMILES string of the molecule is NC(=O)c1cc(F)ccc1NC1CCCC1N. The molecule has 1 fully saturated rings. The number of nitrogens with one attached hydrogen (secondary N) is 1. The molecule has 1 aromatic carbocycles. The molecular formula is C12H16FN3O. The average Bonchev–Trinajstić information content (AvgIpc) is 2.67. The molecule has 1 aliphatic rings. The fourth-order valence-corrected chi connectivity index (χ4v) is 2.21. The van der Waals surface area contributed by atoms with Crippen molar-refractivity contribution in [3.63, 3.8) is 0 Å². The molecule has 5 N–H and O–H groups in total. The van der Waals surface area contributed by atoms with Crippen molar-refractivity contribution in [2.75, 3.05) is 5.32 Å². The molecule has 1 aromatic rings. The molecule has 0 aromatic heterocycles. The van der Waals surface area contributed by atoms with Gasteiger partial charge in [0.2, 0.25) is 0 Å². The van der Waals surface area contributed by atoms with Gasteiger partial charge in [-0.15, -0.1) is 0 Å². The van der Waals surface area contributed by atoms with Gasteiger partial charge >= 0.3 is 0 Å². The Hall–Kier alpha value is -1.62. The van der Waals surface area contributed by atoms with Crippen LogP contribution in [0.2, 0.25) is 0 Å². The van der Waals surface area contributed by atoms with Gasteiger partial charge in [-0.05, 0) is 37.5 Å². The molecule has 2 unspecified atom stereocenters. The summed E-state index contributed by atoms with van der Waals surface area (Å²) < 4.78 is 13.0. The zero-order valence-corrected chi connectivity index (χ0v) is 9.45. The molecule has 4 nitrogen and oxygen atoms in total. The Morgan fingerprint density at radius 2 is 2.18 bits per heavy atom. The number of benzene rings is 1. The van der Waals surface area contributed by atoms with E-state index in [2.05, 4.69) is 5.32 Å². The van der Waals surface area contributed by atoms with Gasteiger partial charge in [-0.3, -0.25) is 4.79 Å². The molecule has 2 rings (SSSR count). The van der Waals surface area contributed by atoms with Crippen LogP contribution in [-0.4, -0.2) is 18.0 Å². The highest BCUT2D eigenvalue weighted by Gasteiger charge is 2.24. The largest absolute Gasteiger partial charge is 0.380 e.